The van der Waals surface area contributed by atoms with E-state index >= 15 is 0 Å². The number of amides is 1. The Morgan fingerprint density at radius 1 is 1.21 bits per heavy atom. The minimum absolute atomic E-state index is 0.257. The highest BCUT2D eigenvalue weighted by Gasteiger charge is 2.20. The van der Waals surface area contributed by atoms with Crippen molar-refractivity contribution in [2.75, 3.05) is 0 Å². The number of hydrazone groups is 1. The monoisotopic (exact) mass is 374 g/mol. The van der Waals surface area contributed by atoms with Crippen molar-refractivity contribution in [1.29, 1.82) is 5.26 Å². The van der Waals surface area contributed by atoms with E-state index in [1.54, 1.807) is 12.3 Å². The molecule has 0 fully saturated rings. The summed E-state index contributed by atoms with van der Waals surface area (Å²) in [4.78, 5) is 12.3. The van der Waals surface area contributed by atoms with Crippen LogP contribution in [0.3, 0.4) is 0 Å². The van der Waals surface area contributed by atoms with Crippen molar-refractivity contribution in [2.24, 2.45) is 5.10 Å². The first-order valence-electron chi connectivity index (χ1n) is 8.93. The Morgan fingerprint density at radius 3 is 2.61 bits per heavy atom. The molecule has 1 amide bonds. The highest BCUT2D eigenvalue weighted by Crippen LogP contribution is 2.28. The fourth-order valence-corrected chi connectivity index (χ4v) is 3.18. The van der Waals surface area contributed by atoms with Gasteiger partial charge in [-0.2, -0.15) is 10.4 Å². The van der Waals surface area contributed by atoms with Gasteiger partial charge in [0.25, 0.3) is 5.91 Å². The van der Waals surface area contributed by atoms with Gasteiger partial charge in [-0.25, -0.2) is 5.43 Å². The molecule has 1 aromatic carbocycles. The van der Waals surface area contributed by atoms with Gasteiger partial charge >= 0.3 is 0 Å². The zero-order valence-corrected chi connectivity index (χ0v) is 16.6. The standard InChI is InChI=1S/C22H22N4O2/c1-13-8-6-7-9-19(13)21(27)25-24-12-18-10-14(2)26(16(18)4)22-20(11-23)15(3)17(5)28-22/h6-10,12H,1-5H3,(H,25,27)/b24-12+. The normalized spacial score (nSPS) is 11.0. The van der Waals surface area contributed by atoms with Gasteiger partial charge in [-0.1, -0.05) is 18.2 Å². The van der Waals surface area contributed by atoms with Gasteiger partial charge in [0, 0.05) is 28.1 Å². The quantitative estimate of drug-likeness (QED) is 0.547. The number of hydrogen-bond acceptors (Lipinski definition) is 4. The molecule has 142 valence electrons. The molecule has 0 unspecified atom stereocenters. The minimum atomic E-state index is -0.257. The largest absolute Gasteiger partial charge is 0.443 e. The van der Waals surface area contributed by atoms with Gasteiger partial charge < -0.3 is 4.42 Å². The maximum Gasteiger partial charge on any atom is 0.271 e. The fraction of sp³-hybridized carbons (Fsp3) is 0.227. The molecule has 0 saturated carbocycles. The van der Waals surface area contributed by atoms with Crippen molar-refractivity contribution < 1.29 is 9.21 Å². The average Bonchev–Trinajstić information content (AvgIpc) is 3.10. The number of carbonyl (C=O) groups excluding carboxylic acids is 1. The Bertz CT molecular complexity index is 1130. The number of nitriles is 1. The van der Waals surface area contributed by atoms with Crippen molar-refractivity contribution in [1.82, 2.24) is 9.99 Å². The molecule has 2 heterocycles. The highest BCUT2D eigenvalue weighted by atomic mass is 16.4. The molecule has 0 saturated heterocycles. The SMILES string of the molecule is Cc1ccccc1C(=O)N/N=C/c1cc(C)n(-c2oc(C)c(C)c2C#N)c1C. The molecule has 6 heteroatoms. The zero-order valence-electron chi connectivity index (χ0n) is 16.6. The molecule has 2 aromatic heterocycles. The summed E-state index contributed by atoms with van der Waals surface area (Å²) in [7, 11) is 0. The summed E-state index contributed by atoms with van der Waals surface area (Å²) >= 11 is 0. The van der Waals surface area contributed by atoms with Crippen molar-refractivity contribution in [3.05, 3.63) is 75.3 Å². The smallest absolute Gasteiger partial charge is 0.271 e. The molecule has 0 radical (unpaired) electrons. The number of nitrogens with one attached hydrogen (secondary N) is 1. The first-order chi connectivity index (χ1) is 13.3. The van der Waals surface area contributed by atoms with Crippen LogP contribution in [-0.2, 0) is 0 Å². The van der Waals surface area contributed by atoms with Gasteiger partial charge in [0.05, 0.1) is 6.21 Å². The average molecular weight is 374 g/mol. The van der Waals surface area contributed by atoms with Crippen LogP contribution in [0.5, 0.6) is 0 Å². The third kappa shape index (κ3) is 3.35. The maximum atomic E-state index is 12.3. The lowest BCUT2D eigenvalue weighted by Crippen LogP contribution is -2.18. The van der Waals surface area contributed by atoms with Gasteiger partial charge in [-0.05, 0) is 52.3 Å². The maximum absolute atomic E-state index is 12.3. The fourth-order valence-electron chi connectivity index (χ4n) is 3.18. The van der Waals surface area contributed by atoms with E-state index in [1.807, 2.05) is 63.5 Å². The van der Waals surface area contributed by atoms with Gasteiger partial charge in [-0.3, -0.25) is 9.36 Å². The van der Waals surface area contributed by atoms with Crippen molar-refractivity contribution >= 4 is 12.1 Å². The van der Waals surface area contributed by atoms with Crippen molar-refractivity contribution in [3.63, 3.8) is 0 Å². The van der Waals surface area contributed by atoms with Gasteiger partial charge in [0.15, 0.2) is 0 Å². The van der Waals surface area contributed by atoms with Gasteiger partial charge in [0.1, 0.15) is 17.4 Å². The van der Waals surface area contributed by atoms with E-state index in [4.69, 9.17) is 4.42 Å². The lowest BCUT2D eigenvalue weighted by molar-refractivity contribution is 0.0954. The molecule has 0 bridgehead atoms. The van der Waals surface area contributed by atoms with Crippen LogP contribution in [0.25, 0.3) is 5.88 Å². The number of aromatic nitrogens is 1. The van der Waals surface area contributed by atoms with E-state index < -0.39 is 0 Å². The number of aryl methyl sites for hydroxylation is 3. The van der Waals surface area contributed by atoms with Crippen LogP contribution in [0.15, 0.2) is 39.9 Å². The molecule has 1 N–H and O–H groups in total. The Morgan fingerprint density at radius 2 is 1.93 bits per heavy atom. The van der Waals surface area contributed by atoms with E-state index in [9.17, 15) is 10.1 Å². The first kappa shape index (κ1) is 19.2. The van der Waals surface area contributed by atoms with Crippen molar-refractivity contribution in [3.8, 4) is 12.0 Å². The van der Waals surface area contributed by atoms with Crippen LogP contribution in [0.2, 0.25) is 0 Å². The third-order valence-electron chi connectivity index (χ3n) is 4.91. The summed E-state index contributed by atoms with van der Waals surface area (Å²) in [5.74, 6) is 0.975. The zero-order chi connectivity index (χ0) is 20.4. The summed E-state index contributed by atoms with van der Waals surface area (Å²) in [5, 5.41) is 13.6. The molecule has 3 rings (SSSR count). The Balaban J connectivity index is 1.88. The summed E-state index contributed by atoms with van der Waals surface area (Å²) in [5.41, 5.74) is 8.02. The van der Waals surface area contributed by atoms with Crippen molar-refractivity contribution in [2.45, 2.75) is 34.6 Å². The number of carbonyl (C=O) groups is 1. The number of furan rings is 1. The molecule has 0 spiro atoms. The number of nitrogens with zero attached hydrogens (tertiary/aromatic N) is 3. The molecule has 0 atom stereocenters. The second-order valence-corrected chi connectivity index (χ2v) is 6.75. The Hall–Kier alpha value is -3.59. The molecule has 0 aliphatic heterocycles. The molecular formula is C22H22N4O2. The lowest BCUT2D eigenvalue weighted by Gasteiger charge is -2.06. The second-order valence-electron chi connectivity index (χ2n) is 6.75. The molecule has 3 aromatic rings. The van der Waals surface area contributed by atoms with Crippen LogP contribution in [-0.4, -0.2) is 16.7 Å². The number of benzene rings is 1. The molecular weight excluding hydrogens is 352 g/mol. The second kappa shape index (κ2) is 7.57. The highest BCUT2D eigenvalue weighted by molar-refractivity contribution is 5.96. The van der Waals surface area contributed by atoms with Crippen LogP contribution < -0.4 is 5.43 Å². The van der Waals surface area contributed by atoms with E-state index in [0.29, 0.717) is 17.0 Å². The number of rotatable bonds is 4. The summed E-state index contributed by atoms with van der Waals surface area (Å²) in [6.07, 6.45) is 1.60. The van der Waals surface area contributed by atoms with Crippen LogP contribution in [0.1, 0.15) is 49.8 Å². The predicted molar refractivity (Wildman–Crippen MR) is 108 cm³/mol. The van der Waals surface area contributed by atoms with Gasteiger partial charge in [0.2, 0.25) is 5.88 Å². The summed E-state index contributed by atoms with van der Waals surface area (Å²) in [6.45, 7) is 9.46. The summed E-state index contributed by atoms with van der Waals surface area (Å²) in [6, 6.07) is 11.5. The van der Waals surface area contributed by atoms with E-state index in [-0.39, 0.29) is 5.91 Å². The number of hydrogen-bond donors (Lipinski definition) is 1. The third-order valence-corrected chi connectivity index (χ3v) is 4.91. The Labute approximate surface area is 164 Å². The molecule has 28 heavy (non-hydrogen) atoms. The first-order valence-corrected chi connectivity index (χ1v) is 8.93. The van der Waals surface area contributed by atoms with Crippen LogP contribution >= 0.6 is 0 Å². The van der Waals surface area contributed by atoms with E-state index in [1.165, 1.54) is 0 Å². The molecule has 6 nitrogen and oxygen atoms in total. The Kier molecular flexibility index (Phi) is 5.18. The molecule has 0 aliphatic rings. The minimum Gasteiger partial charge on any atom is -0.443 e. The van der Waals surface area contributed by atoms with E-state index in [0.717, 1.165) is 33.8 Å². The lowest BCUT2D eigenvalue weighted by atomic mass is 10.1. The van der Waals surface area contributed by atoms with Gasteiger partial charge in [-0.15, -0.1) is 0 Å². The van der Waals surface area contributed by atoms with Crippen LogP contribution in [0, 0.1) is 45.9 Å². The van der Waals surface area contributed by atoms with E-state index in [2.05, 4.69) is 16.6 Å². The summed E-state index contributed by atoms with van der Waals surface area (Å²) < 4.78 is 7.73. The molecule has 0 aliphatic carbocycles. The predicted octanol–water partition coefficient (Wildman–Crippen LogP) is 4.25. The van der Waals surface area contributed by atoms with Crippen LogP contribution in [0.4, 0.5) is 0 Å². The topological polar surface area (TPSA) is 83.3 Å².